The molecule has 1 aromatic carbocycles. The fraction of sp³-hybridized carbons (Fsp3) is 0.143. The highest BCUT2D eigenvalue weighted by Crippen LogP contribution is 2.21. The van der Waals surface area contributed by atoms with Gasteiger partial charge in [0, 0.05) is 18.3 Å². The number of benzene rings is 1. The zero-order valence-corrected chi connectivity index (χ0v) is 10.4. The third kappa shape index (κ3) is 3.65. The molecule has 4 nitrogen and oxygen atoms in total. The molecule has 2 aromatic rings. The van der Waals surface area contributed by atoms with E-state index in [-0.39, 0.29) is 5.75 Å². The lowest BCUT2D eigenvalue weighted by Gasteiger charge is -2.11. The van der Waals surface area contributed by atoms with E-state index >= 15 is 0 Å². The van der Waals surface area contributed by atoms with Crippen molar-refractivity contribution >= 4 is 5.82 Å². The first kappa shape index (κ1) is 13.7. The Labute approximate surface area is 114 Å². The number of halogens is 2. The van der Waals surface area contributed by atoms with Crippen LogP contribution in [0.2, 0.25) is 0 Å². The topological polar surface area (TPSA) is 57.9 Å². The molecule has 1 heterocycles. The van der Waals surface area contributed by atoms with Gasteiger partial charge in [0.05, 0.1) is 5.56 Å². The van der Waals surface area contributed by atoms with E-state index < -0.39 is 6.61 Å². The summed E-state index contributed by atoms with van der Waals surface area (Å²) >= 11 is 0. The Hall–Kier alpha value is -2.68. The van der Waals surface area contributed by atoms with Gasteiger partial charge >= 0.3 is 6.61 Å². The van der Waals surface area contributed by atoms with E-state index in [0.717, 1.165) is 0 Å². The highest BCUT2D eigenvalue weighted by molar-refractivity contribution is 5.42. The average molecular weight is 275 g/mol. The molecule has 0 amide bonds. The van der Waals surface area contributed by atoms with Gasteiger partial charge in [0.15, 0.2) is 0 Å². The third-order valence-corrected chi connectivity index (χ3v) is 2.54. The molecule has 0 aliphatic rings. The first-order valence-corrected chi connectivity index (χ1v) is 5.82. The molecule has 2 rings (SSSR count). The summed E-state index contributed by atoms with van der Waals surface area (Å²) in [4.78, 5) is 4.03. The fourth-order valence-electron chi connectivity index (χ4n) is 1.61. The summed E-state index contributed by atoms with van der Waals surface area (Å²) in [7, 11) is 0. The SMILES string of the molecule is N#Cc1ccc(NCc2ccccc2OC(F)F)nc1. The Morgan fingerprint density at radius 3 is 2.70 bits per heavy atom. The van der Waals surface area contributed by atoms with E-state index in [0.29, 0.717) is 23.5 Å². The number of para-hydroxylation sites is 1. The molecule has 0 fully saturated rings. The van der Waals surface area contributed by atoms with E-state index in [2.05, 4.69) is 15.0 Å². The number of aromatic nitrogens is 1. The Morgan fingerprint density at radius 2 is 2.05 bits per heavy atom. The van der Waals surface area contributed by atoms with Gasteiger partial charge in [-0.3, -0.25) is 0 Å². The minimum absolute atomic E-state index is 0.128. The number of rotatable bonds is 5. The lowest BCUT2D eigenvalue weighted by Crippen LogP contribution is -2.07. The van der Waals surface area contributed by atoms with Crippen LogP contribution in [0.15, 0.2) is 42.6 Å². The van der Waals surface area contributed by atoms with Crippen molar-refractivity contribution in [1.29, 1.82) is 5.26 Å². The van der Waals surface area contributed by atoms with Gasteiger partial charge in [0.1, 0.15) is 17.6 Å². The van der Waals surface area contributed by atoms with E-state index in [4.69, 9.17) is 5.26 Å². The van der Waals surface area contributed by atoms with Gasteiger partial charge in [0.25, 0.3) is 0 Å². The molecule has 0 aliphatic carbocycles. The van der Waals surface area contributed by atoms with Gasteiger partial charge < -0.3 is 10.1 Å². The second kappa shape index (κ2) is 6.48. The second-order valence-electron chi connectivity index (χ2n) is 3.88. The molecule has 0 atom stereocenters. The minimum Gasteiger partial charge on any atom is -0.434 e. The van der Waals surface area contributed by atoms with Gasteiger partial charge in [-0.1, -0.05) is 18.2 Å². The van der Waals surface area contributed by atoms with Gasteiger partial charge in [-0.25, -0.2) is 4.98 Å². The summed E-state index contributed by atoms with van der Waals surface area (Å²) in [5, 5.41) is 11.6. The largest absolute Gasteiger partial charge is 0.434 e. The van der Waals surface area contributed by atoms with Crippen LogP contribution in [0, 0.1) is 11.3 Å². The number of ether oxygens (including phenoxy) is 1. The lowest BCUT2D eigenvalue weighted by atomic mass is 10.2. The summed E-state index contributed by atoms with van der Waals surface area (Å²) in [6.07, 6.45) is 1.43. The summed E-state index contributed by atoms with van der Waals surface area (Å²) in [5.41, 5.74) is 1.05. The number of nitrogens with zero attached hydrogens (tertiary/aromatic N) is 2. The monoisotopic (exact) mass is 275 g/mol. The van der Waals surface area contributed by atoms with Crippen LogP contribution in [-0.4, -0.2) is 11.6 Å². The maximum Gasteiger partial charge on any atom is 0.387 e. The van der Waals surface area contributed by atoms with Crippen LogP contribution in [-0.2, 0) is 6.54 Å². The van der Waals surface area contributed by atoms with Crippen molar-refractivity contribution in [3.63, 3.8) is 0 Å². The molecule has 0 radical (unpaired) electrons. The Balaban J connectivity index is 2.04. The minimum atomic E-state index is -2.86. The van der Waals surface area contributed by atoms with E-state index in [1.165, 1.54) is 12.3 Å². The Kier molecular flexibility index (Phi) is 4.45. The maximum atomic E-state index is 12.3. The molecule has 0 saturated heterocycles. The maximum absolute atomic E-state index is 12.3. The van der Waals surface area contributed by atoms with Crippen LogP contribution in [0.3, 0.4) is 0 Å². The van der Waals surface area contributed by atoms with E-state index in [1.54, 1.807) is 30.3 Å². The van der Waals surface area contributed by atoms with Gasteiger partial charge in [-0.15, -0.1) is 0 Å². The number of pyridine rings is 1. The Morgan fingerprint density at radius 1 is 1.25 bits per heavy atom. The highest BCUT2D eigenvalue weighted by Gasteiger charge is 2.08. The van der Waals surface area contributed by atoms with Crippen LogP contribution in [0.4, 0.5) is 14.6 Å². The van der Waals surface area contributed by atoms with Crippen molar-refractivity contribution in [2.24, 2.45) is 0 Å². The van der Waals surface area contributed by atoms with Crippen LogP contribution >= 0.6 is 0 Å². The summed E-state index contributed by atoms with van der Waals surface area (Å²) in [5.74, 6) is 0.680. The second-order valence-corrected chi connectivity index (χ2v) is 3.88. The summed E-state index contributed by atoms with van der Waals surface area (Å²) < 4.78 is 29.0. The third-order valence-electron chi connectivity index (χ3n) is 2.54. The number of nitrogens with one attached hydrogen (secondary N) is 1. The zero-order chi connectivity index (χ0) is 14.4. The standard InChI is InChI=1S/C14H11F2N3O/c15-14(16)20-12-4-2-1-3-11(12)9-19-13-6-5-10(7-17)8-18-13/h1-6,8,14H,9H2,(H,18,19). The molecule has 20 heavy (non-hydrogen) atoms. The molecule has 6 heteroatoms. The smallest absolute Gasteiger partial charge is 0.387 e. The van der Waals surface area contributed by atoms with Crippen LogP contribution in [0.25, 0.3) is 0 Å². The van der Waals surface area contributed by atoms with Crippen LogP contribution in [0.5, 0.6) is 5.75 Å². The normalized spacial score (nSPS) is 10.1. The van der Waals surface area contributed by atoms with Crippen molar-refractivity contribution in [3.05, 3.63) is 53.7 Å². The fourth-order valence-corrected chi connectivity index (χ4v) is 1.61. The number of nitriles is 1. The molecular weight excluding hydrogens is 264 g/mol. The molecular formula is C14H11F2N3O. The van der Waals surface area contributed by atoms with Crippen molar-refractivity contribution in [2.75, 3.05) is 5.32 Å². The number of alkyl halides is 2. The quantitative estimate of drug-likeness (QED) is 0.910. The predicted octanol–water partition coefficient (Wildman–Crippen LogP) is 3.17. The molecule has 0 unspecified atom stereocenters. The summed E-state index contributed by atoms with van der Waals surface area (Å²) in [6, 6.07) is 11.8. The average Bonchev–Trinajstić information content (AvgIpc) is 2.46. The van der Waals surface area contributed by atoms with Crippen molar-refractivity contribution < 1.29 is 13.5 Å². The highest BCUT2D eigenvalue weighted by atomic mass is 19.3. The van der Waals surface area contributed by atoms with Gasteiger partial charge in [0.2, 0.25) is 0 Å². The van der Waals surface area contributed by atoms with Crippen molar-refractivity contribution in [3.8, 4) is 11.8 Å². The van der Waals surface area contributed by atoms with E-state index in [1.807, 2.05) is 6.07 Å². The van der Waals surface area contributed by atoms with Crippen molar-refractivity contribution in [1.82, 2.24) is 4.98 Å². The first-order chi connectivity index (χ1) is 9.69. The molecule has 102 valence electrons. The van der Waals surface area contributed by atoms with E-state index in [9.17, 15) is 8.78 Å². The van der Waals surface area contributed by atoms with Crippen LogP contribution in [0.1, 0.15) is 11.1 Å². The molecule has 1 aromatic heterocycles. The summed E-state index contributed by atoms with van der Waals surface area (Å²) in [6.45, 7) is -2.56. The van der Waals surface area contributed by atoms with Crippen LogP contribution < -0.4 is 10.1 Å². The predicted molar refractivity (Wildman–Crippen MR) is 69.4 cm³/mol. The molecule has 0 bridgehead atoms. The van der Waals surface area contributed by atoms with Gasteiger partial charge in [-0.2, -0.15) is 14.0 Å². The number of hydrogen-bond donors (Lipinski definition) is 1. The molecule has 0 saturated carbocycles. The Bertz CT molecular complexity index is 609. The lowest BCUT2D eigenvalue weighted by molar-refractivity contribution is -0.0504. The molecule has 1 N–H and O–H groups in total. The first-order valence-electron chi connectivity index (χ1n) is 5.82. The molecule has 0 aliphatic heterocycles. The van der Waals surface area contributed by atoms with Crippen molar-refractivity contribution in [2.45, 2.75) is 13.2 Å². The number of hydrogen-bond acceptors (Lipinski definition) is 4. The van der Waals surface area contributed by atoms with Gasteiger partial charge in [-0.05, 0) is 18.2 Å². The number of anilines is 1. The zero-order valence-electron chi connectivity index (χ0n) is 10.4. The molecule has 0 spiro atoms.